The molecule has 2 nitrogen and oxygen atoms in total. The molecule has 0 atom stereocenters. The first-order valence-electron chi connectivity index (χ1n) is 7.91. The van der Waals surface area contributed by atoms with Crippen LogP contribution < -0.4 is 0 Å². The minimum absolute atomic E-state index is 0.281. The second-order valence-corrected chi connectivity index (χ2v) is 4.71. The molecular weight excluding hydrogens is 246 g/mol. The summed E-state index contributed by atoms with van der Waals surface area (Å²) in [7, 11) is 0. The molecule has 20 heavy (non-hydrogen) atoms. The number of pyridine rings is 1. The number of fused-ring (bicyclic) bond motifs is 3. The second kappa shape index (κ2) is 4.20. The molecule has 2 aromatic heterocycles. The fourth-order valence-corrected chi connectivity index (χ4v) is 2.52. The third-order valence-electron chi connectivity index (χ3n) is 3.44. The maximum absolute atomic E-state index is 7.54. The Morgan fingerprint density at radius 3 is 2.85 bits per heavy atom. The number of aryl methyl sites for hydroxylation is 1. The normalized spacial score (nSPS) is 14.1. The van der Waals surface area contributed by atoms with E-state index in [1.54, 1.807) is 18.3 Å². The number of aromatic nitrogens is 1. The lowest BCUT2D eigenvalue weighted by atomic mass is 10.1. The molecule has 0 amide bonds. The highest BCUT2D eigenvalue weighted by Gasteiger charge is 2.12. The third-order valence-corrected chi connectivity index (χ3v) is 3.44. The molecule has 0 fully saturated rings. The van der Waals surface area contributed by atoms with Crippen LogP contribution in [-0.2, 0) is 0 Å². The number of hydrogen-bond acceptors (Lipinski definition) is 2. The fourth-order valence-electron chi connectivity index (χ4n) is 2.52. The lowest BCUT2D eigenvalue weighted by Crippen LogP contribution is -1.81. The van der Waals surface area contributed by atoms with Gasteiger partial charge in [-0.25, -0.2) is 0 Å². The average Bonchev–Trinajstić information content (AvgIpc) is 2.92. The van der Waals surface area contributed by atoms with Crippen LogP contribution in [0.5, 0.6) is 0 Å². The van der Waals surface area contributed by atoms with Gasteiger partial charge in [0.1, 0.15) is 11.2 Å². The minimum atomic E-state index is -2.14. The van der Waals surface area contributed by atoms with Gasteiger partial charge in [-0.2, -0.15) is 0 Å². The molecule has 2 heterocycles. The summed E-state index contributed by atoms with van der Waals surface area (Å²) >= 11 is 0. The molecule has 0 aliphatic rings. The summed E-state index contributed by atoms with van der Waals surface area (Å²) in [5.74, 6) is 0. The first-order valence-corrected chi connectivity index (χ1v) is 6.41. The number of para-hydroxylation sites is 1. The summed E-state index contributed by atoms with van der Waals surface area (Å²) in [5.41, 5.74) is 3.31. The Labute approximate surface area is 120 Å². The number of benzene rings is 2. The van der Waals surface area contributed by atoms with E-state index < -0.39 is 6.85 Å². The van der Waals surface area contributed by atoms with Crippen molar-refractivity contribution in [2.24, 2.45) is 0 Å². The molecule has 0 aliphatic heterocycles. The van der Waals surface area contributed by atoms with Gasteiger partial charge in [0.2, 0.25) is 0 Å². The van der Waals surface area contributed by atoms with Crippen LogP contribution in [0.1, 0.15) is 9.68 Å². The van der Waals surface area contributed by atoms with Crippen molar-refractivity contribution in [1.29, 1.82) is 0 Å². The second-order valence-electron chi connectivity index (χ2n) is 4.71. The molecule has 0 saturated heterocycles. The van der Waals surface area contributed by atoms with Gasteiger partial charge in [0.15, 0.2) is 0 Å². The van der Waals surface area contributed by atoms with Crippen LogP contribution >= 0.6 is 0 Å². The summed E-state index contributed by atoms with van der Waals surface area (Å²) in [6, 6.07) is 16.7. The van der Waals surface area contributed by atoms with E-state index in [4.69, 9.17) is 8.53 Å². The van der Waals surface area contributed by atoms with Crippen molar-refractivity contribution in [3.63, 3.8) is 0 Å². The molecule has 2 heteroatoms. The number of hydrogen-bond donors (Lipinski definition) is 0. The van der Waals surface area contributed by atoms with E-state index in [0.717, 1.165) is 27.6 Å². The van der Waals surface area contributed by atoms with E-state index in [2.05, 4.69) is 4.98 Å². The molecule has 96 valence electrons. The summed E-state index contributed by atoms with van der Waals surface area (Å²) in [6.45, 7) is -2.14. The van der Waals surface area contributed by atoms with Crippen molar-refractivity contribution in [1.82, 2.24) is 4.98 Å². The highest BCUT2D eigenvalue weighted by Crippen LogP contribution is 2.35. The van der Waals surface area contributed by atoms with Crippen LogP contribution in [0.25, 0.3) is 33.2 Å². The Bertz CT molecular complexity index is 1000. The lowest BCUT2D eigenvalue weighted by molar-refractivity contribution is 0.669. The first-order chi connectivity index (χ1) is 11.0. The van der Waals surface area contributed by atoms with Gasteiger partial charge in [-0.3, -0.25) is 4.98 Å². The van der Waals surface area contributed by atoms with Gasteiger partial charge < -0.3 is 4.42 Å². The van der Waals surface area contributed by atoms with E-state index in [0.29, 0.717) is 5.58 Å². The first kappa shape index (κ1) is 8.54. The Hall–Kier alpha value is -2.61. The smallest absolute Gasteiger partial charge is 0.144 e. The quantitative estimate of drug-likeness (QED) is 0.484. The molecular formula is C18H13NO. The van der Waals surface area contributed by atoms with Crippen molar-refractivity contribution in [2.45, 2.75) is 6.85 Å². The molecule has 4 rings (SSSR count). The Morgan fingerprint density at radius 1 is 1.00 bits per heavy atom. The van der Waals surface area contributed by atoms with Gasteiger partial charge in [0.05, 0.1) is 5.69 Å². The van der Waals surface area contributed by atoms with E-state index in [-0.39, 0.29) is 5.56 Å². The van der Waals surface area contributed by atoms with Crippen molar-refractivity contribution >= 4 is 21.9 Å². The number of rotatable bonds is 1. The predicted octanol–water partition coefficient (Wildman–Crippen LogP) is 4.96. The Balaban J connectivity index is 2.01. The molecule has 0 N–H and O–H groups in total. The van der Waals surface area contributed by atoms with E-state index in [9.17, 15) is 0 Å². The zero-order valence-corrected chi connectivity index (χ0v) is 10.6. The minimum Gasteiger partial charge on any atom is -0.455 e. The zero-order chi connectivity index (χ0) is 16.0. The summed E-state index contributed by atoms with van der Waals surface area (Å²) in [5, 5.41) is 1.87. The van der Waals surface area contributed by atoms with Gasteiger partial charge in [-0.05, 0) is 36.7 Å². The van der Waals surface area contributed by atoms with Gasteiger partial charge in [-0.1, -0.05) is 30.3 Å². The molecule has 0 unspecified atom stereocenters. The standard InChI is InChI=1S/C18H13NO/c1-12-8-9-13-14-5-4-6-15(16-7-2-3-10-19-16)18(14)20-17(13)11-12/h2-11H,1H3/i1D3. The molecule has 2 aromatic carbocycles. The monoisotopic (exact) mass is 262 g/mol. The molecule has 0 saturated carbocycles. The third kappa shape index (κ3) is 1.62. The maximum Gasteiger partial charge on any atom is 0.144 e. The van der Waals surface area contributed by atoms with Crippen LogP contribution in [0, 0.1) is 6.85 Å². The van der Waals surface area contributed by atoms with E-state index in [1.807, 2.05) is 42.5 Å². The zero-order valence-electron chi connectivity index (χ0n) is 13.6. The van der Waals surface area contributed by atoms with Gasteiger partial charge in [-0.15, -0.1) is 0 Å². The van der Waals surface area contributed by atoms with Gasteiger partial charge in [0, 0.05) is 26.6 Å². The summed E-state index contributed by atoms with van der Waals surface area (Å²) in [6.07, 6.45) is 1.74. The van der Waals surface area contributed by atoms with Crippen LogP contribution in [-0.4, -0.2) is 4.98 Å². The van der Waals surface area contributed by atoms with Crippen LogP contribution in [0.2, 0.25) is 0 Å². The Kier molecular flexibility index (Phi) is 1.79. The number of nitrogens with zero attached hydrogens (tertiary/aromatic N) is 1. The molecule has 0 spiro atoms. The van der Waals surface area contributed by atoms with Gasteiger partial charge >= 0.3 is 0 Å². The van der Waals surface area contributed by atoms with Crippen molar-refractivity contribution in [3.8, 4) is 11.3 Å². The van der Waals surface area contributed by atoms with E-state index >= 15 is 0 Å². The van der Waals surface area contributed by atoms with Crippen LogP contribution in [0.3, 0.4) is 0 Å². The maximum atomic E-state index is 7.54. The summed E-state index contributed by atoms with van der Waals surface area (Å²) in [4.78, 5) is 4.38. The van der Waals surface area contributed by atoms with Crippen LogP contribution in [0.4, 0.5) is 0 Å². The topological polar surface area (TPSA) is 26.0 Å². The highest BCUT2D eigenvalue weighted by molar-refractivity contribution is 6.09. The van der Waals surface area contributed by atoms with Gasteiger partial charge in [0.25, 0.3) is 0 Å². The molecule has 0 aliphatic carbocycles. The molecule has 4 aromatic rings. The SMILES string of the molecule is [2H]C([2H])([2H])c1ccc2c(c1)oc1c(-c3ccccn3)cccc12. The predicted molar refractivity (Wildman–Crippen MR) is 81.7 cm³/mol. The summed E-state index contributed by atoms with van der Waals surface area (Å²) < 4.78 is 28.6. The van der Waals surface area contributed by atoms with E-state index in [1.165, 1.54) is 0 Å². The number of furan rings is 1. The Morgan fingerprint density at radius 2 is 2.00 bits per heavy atom. The molecule has 0 radical (unpaired) electrons. The van der Waals surface area contributed by atoms with Crippen molar-refractivity contribution < 1.29 is 8.53 Å². The average molecular weight is 262 g/mol. The largest absolute Gasteiger partial charge is 0.455 e. The highest BCUT2D eigenvalue weighted by atomic mass is 16.3. The van der Waals surface area contributed by atoms with Crippen LogP contribution in [0.15, 0.2) is 65.2 Å². The fraction of sp³-hybridized carbons (Fsp3) is 0.0556. The van der Waals surface area contributed by atoms with Crippen molar-refractivity contribution in [3.05, 3.63) is 66.4 Å². The van der Waals surface area contributed by atoms with Crippen molar-refractivity contribution in [2.75, 3.05) is 0 Å². The lowest BCUT2D eigenvalue weighted by Gasteiger charge is -2.00. The molecule has 0 bridgehead atoms.